The van der Waals surface area contributed by atoms with Crippen molar-refractivity contribution < 1.29 is 13.2 Å². The molecule has 0 aliphatic carbocycles. The zero-order chi connectivity index (χ0) is 19.0. The van der Waals surface area contributed by atoms with E-state index in [1.807, 2.05) is 13.8 Å². The van der Waals surface area contributed by atoms with Gasteiger partial charge in [0.25, 0.3) is 0 Å². The third kappa shape index (κ3) is 3.49. The molecule has 0 atom stereocenters. The van der Waals surface area contributed by atoms with Crippen LogP contribution in [0.1, 0.15) is 23.6 Å². The van der Waals surface area contributed by atoms with Crippen molar-refractivity contribution in [3.8, 4) is 5.75 Å². The summed E-state index contributed by atoms with van der Waals surface area (Å²) < 4.78 is 33.0. The predicted octanol–water partition coefficient (Wildman–Crippen LogP) is 2.82. The van der Waals surface area contributed by atoms with Gasteiger partial charge in [0.2, 0.25) is 10.0 Å². The van der Waals surface area contributed by atoms with Crippen LogP contribution < -0.4 is 4.74 Å². The summed E-state index contributed by atoms with van der Waals surface area (Å²) >= 11 is 0. The Morgan fingerprint density at radius 1 is 1.11 bits per heavy atom. The molecule has 1 saturated heterocycles. The average molecular weight is 387 g/mol. The lowest BCUT2D eigenvalue weighted by Gasteiger charge is -2.46. The van der Waals surface area contributed by atoms with Crippen molar-refractivity contribution in [1.29, 1.82) is 0 Å². The number of benzene rings is 2. The van der Waals surface area contributed by atoms with Crippen LogP contribution in [0.5, 0.6) is 5.75 Å². The Balaban J connectivity index is 1.42. The first-order chi connectivity index (χ1) is 13.0. The lowest BCUT2D eigenvalue weighted by molar-refractivity contribution is 0.0769. The first-order valence-electron chi connectivity index (χ1n) is 9.53. The van der Waals surface area contributed by atoms with Crippen molar-refractivity contribution in [2.24, 2.45) is 0 Å². The van der Waals surface area contributed by atoms with E-state index in [9.17, 15) is 8.42 Å². The van der Waals surface area contributed by atoms with Crippen LogP contribution in [0, 0.1) is 6.92 Å². The number of hydrogen-bond acceptors (Lipinski definition) is 4. The fourth-order valence-corrected chi connectivity index (χ4v) is 5.52. The minimum Gasteiger partial charge on any atom is -0.494 e. The summed E-state index contributed by atoms with van der Waals surface area (Å²) in [6.07, 6.45) is 1.04. The Labute approximate surface area is 161 Å². The lowest BCUT2D eigenvalue weighted by Crippen LogP contribution is -2.61. The van der Waals surface area contributed by atoms with Crippen molar-refractivity contribution in [2.75, 3.05) is 26.2 Å². The zero-order valence-electron chi connectivity index (χ0n) is 15.9. The molecule has 27 heavy (non-hydrogen) atoms. The molecular weight excluding hydrogens is 360 g/mol. The standard InChI is InChI=1S/C21H26N2O3S/c1-3-26-21-9-8-20(12-16(21)2)27(24,25)23-14-19(15-23)22-11-10-17-6-4-5-7-18(17)13-22/h4-9,12,19H,3,10-11,13-15H2,1-2H3. The molecule has 0 bridgehead atoms. The Kier molecular flexibility index (Phi) is 4.97. The second-order valence-corrected chi connectivity index (χ2v) is 9.26. The fraction of sp³-hybridized carbons (Fsp3) is 0.429. The zero-order valence-corrected chi connectivity index (χ0v) is 16.7. The van der Waals surface area contributed by atoms with Crippen molar-refractivity contribution in [1.82, 2.24) is 9.21 Å². The van der Waals surface area contributed by atoms with Crippen LogP contribution in [-0.2, 0) is 23.0 Å². The number of sulfonamides is 1. The largest absolute Gasteiger partial charge is 0.494 e. The van der Waals surface area contributed by atoms with Gasteiger partial charge in [-0.25, -0.2) is 8.42 Å². The van der Waals surface area contributed by atoms with E-state index in [1.54, 1.807) is 22.5 Å². The third-order valence-electron chi connectivity index (χ3n) is 5.59. The molecule has 144 valence electrons. The molecule has 0 amide bonds. The number of aryl methyl sites for hydroxylation is 1. The van der Waals surface area contributed by atoms with E-state index in [-0.39, 0.29) is 0 Å². The minimum atomic E-state index is -3.44. The van der Waals surface area contributed by atoms with Gasteiger partial charge in [0.05, 0.1) is 11.5 Å². The molecule has 0 radical (unpaired) electrons. The van der Waals surface area contributed by atoms with Crippen molar-refractivity contribution in [3.05, 3.63) is 59.2 Å². The highest BCUT2D eigenvalue weighted by Crippen LogP contribution is 2.30. The number of nitrogens with zero attached hydrogens (tertiary/aromatic N) is 2. The predicted molar refractivity (Wildman–Crippen MR) is 105 cm³/mol. The number of rotatable bonds is 5. The van der Waals surface area contributed by atoms with Crippen LogP contribution in [-0.4, -0.2) is 49.9 Å². The van der Waals surface area contributed by atoms with E-state index in [0.717, 1.165) is 30.8 Å². The smallest absolute Gasteiger partial charge is 0.243 e. The topological polar surface area (TPSA) is 49.9 Å². The quantitative estimate of drug-likeness (QED) is 0.793. The van der Waals surface area contributed by atoms with Gasteiger partial charge in [-0.15, -0.1) is 0 Å². The number of hydrogen-bond donors (Lipinski definition) is 0. The van der Waals surface area contributed by atoms with Gasteiger partial charge in [0, 0.05) is 32.2 Å². The van der Waals surface area contributed by atoms with E-state index in [2.05, 4.69) is 29.2 Å². The highest BCUT2D eigenvalue weighted by atomic mass is 32.2. The first kappa shape index (κ1) is 18.5. The Morgan fingerprint density at radius 2 is 1.85 bits per heavy atom. The summed E-state index contributed by atoms with van der Waals surface area (Å²) in [5.41, 5.74) is 3.64. The van der Waals surface area contributed by atoms with Crippen LogP contribution in [0.15, 0.2) is 47.4 Å². The summed E-state index contributed by atoms with van der Waals surface area (Å²) in [6, 6.07) is 14.0. The molecule has 2 aromatic carbocycles. The summed E-state index contributed by atoms with van der Waals surface area (Å²) in [4.78, 5) is 2.77. The monoisotopic (exact) mass is 386 g/mol. The van der Waals surface area contributed by atoms with Crippen LogP contribution in [0.4, 0.5) is 0 Å². The molecule has 4 rings (SSSR count). The van der Waals surface area contributed by atoms with Gasteiger partial charge in [-0.3, -0.25) is 4.90 Å². The molecule has 0 unspecified atom stereocenters. The molecule has 2 heterocycles. The van der Waals surface area contributed by atoms with Crippen LogP contribution >= 0.6 is 0 Å². The van der Waals surface area contributed by atoms with Crippen molar-refractivity contribution >= 4 is 10.0 Å². The van der Waals surface area contributed by atoms with Gasteiger partial charge in [-0.2, -0.15) is 4.31 Å². The molecular formula is C21H26N2O3S. The number of ether oxygens (including phenoxy) is 1. The van der Waals surface area contributed by atoms with Crippen molar-refractivity contribution in [3.63, 3.8) is 0 Å². The van der Waals surface area contributed by atoms with Crippen LogP contribution in [0.25, 0.3) is 0 Å². The molecule has 0 spiro atoms. The third-order valence-corrected chi connectivity index (χ3v) is 7.42. The van der Waals surface area contributed by atoms with E-state index < -0.39 is 10.0 Å². The average Bonchev–Trinajstić information content (AvgIpc) is 2.62. The maximum Gasteiger partial charge on any atom is 0.243 e. The first-order valence-corrected chi connectivity index (χ1v) is 11.0. The Morgan fingerprint density at radius 3 is 2.56 bits per heavy atom. The van der Waals surface area contributed by atoms with Crippen molar-refractivity contribution in [2.45, 2.75) is 37.8 Å². The van der Waals surface area contributed by atoms with E-state index in [4.69, 9.17) is 4.74 Å². The maximum atomic E-state index is 12.9. The van der Waals surface area contributed by atoms with Gasteiger partial charge in [-0.05, 0) is 55.2 Å². The van der Waals surface area contributed by atoms with Gasteiger partial charge >= 0.3 is 0 Å². The normalized spacial score (nSPS) is 18.7. The summed E-state index contributed by atoms with van der Waals surface area (Å²) in [5, 5.41) is 0. The molecule has 0 saturated carbocycles. The fourth-order valence-electron chi connectivity index (χ4n) is 3.92. The highest BCUT2D eigenvalue weighted by Gasteiger charge is 2.40. The van der Waals surface area contributed by atoms with Crippen LogP contribution in [0.2, 0.25) is 0 Å². The molecule has 2 aromatic rings. The highest BCUT2D eigenvalue weighted by molar-refractivity contribution is 7.89. The van der Waals surface area contributed by atoms with Gasteiger partial charge < -0.3 is 4.74 Å². The molecule has 1 fully saturated rings. The second-order valence-electron chi connectivity index (χ2n) is 7.33. The molecule has 2 aliphatic heterocycles. The van der Waals surface area contributed by atoms with Gasteiger partial charge in [0.1, 0.15) is 5.75 Å². The lowest BCUT2D eigenvalue weighted by atomic mass is 9.97. The minimum absolute atomic E-state index is 0.303. The van der Waals surface area contributed by atoms with Gasteiger partial charge in [-0.1, -0.05) is 24.3 Å². The van der Waals surface area contributed by atoms with Gasteiger partial charge in [0.15, 0.2) is 0 Å². The van der Waals surface area contributed by atoms with Crippen LogP contribution in [0.3, 0.4) is 0 Å². The summed E-state index contributed by atoms with van der Waals surface area (Å²) in [6.45, 7) is 7.42. The molecule has 0 aromatic heterocycles. The van der Waals surface area contributed by atoms with E-state index >= 15 is 0 Å². The molecule has 6 heteroatoms. The SMILES string of the molecule is CCOc1ccc(S(=O)(=O)N2CC(N3CCc4ccccc4C3)C2)cc1C. The van der Waals surface area contributed by atoms with E-state index in [0.29, 0.717) is 30.6 Å². The Hall–Kier alpha value is -1.89. The Bertz CT molecular complexity index is 936. The second kappa shape index (κ2) is 7.26. The van der Waals surface area contributed by atoms with E-state index in [1.165, 1.54) is 11.1 Å². The maximum absolute atomic E-state index is 12.9. The molecule has 5 nitrogen and oxygen atoms in total. The molecule has 2 aliphatic rings. The number of fused-ring (bicyclic) bond motifs is 1. The molecule has 0 N–H and O–H groups in total. The summed E-state index contributed by atoms with van der Waals surface area (Å²) in [5.74, 6) is 0.741. The summed E-state index contributed by atoms with van der Waals surface area (Å²) in [7, 11) is -3.44.